The summed E-state index contributed by atoms with van der Waals surface area (Å²) >= 11 is 1.48. The minimum absolute atomic E-state index is 0.105. The van der Waals surface area contributed by atoms with Gasteiger partial charge in [-0.3, -0.25) is 4.98 Å². The van der Waals surface area contributed by atoms with Crippen LogP contribution < -0.4 is 5.73 Å². The Kier molecular flexibility index (Phi) is 3.52. The molecule has 0 fully saturated rings. The number of nitrogens with zero attached hydrogens (tertiary/aromatic N) is 4. The van der Waals surface area contributed by atoms with Crippen LogP contribution in [0.15, 0.2) is 22.9 Å². The molecule has 0 saturated heterocycles. The van der Waals surface area contributed by atoms with E-state index in [4.69, 9.17) is 10.3 Å². The number of aromatic nitrogens is 4. The van der Waals surface area contributed by atoms with Gasteiger partial charge in [0.2, 0.25) is 5.82 Å². The number of nitrogens with two attached hydrogens (primary N) is 1. The number of hydrogen-bond acceptors (Lipinski definition) is 7. The first-order chi connectivity index (χ1) is 10.0. The van der Waals surface area contributed by atoms with Gasteiger partial charge in [-0.05, 0) is 32.9 Å². The van der Waals surface area contributed by atoms with Crippen LogP contribution in [0.4, 0.5) is 0 Å². The van der Waals surface area contributed by atoms with Crippen LogP contribution in [0.3, 0.4) is 0 Å². The highest BCUT2D eigenvalue weighted by atomic mass is 32.1. The first kappa shape index (κ1) is 13.8. The molecular weight excluding hydrogens is 286 g/mol. The Bertz CT molecular complexity index is 760. The molecule has 3 heterocycles. The Morgan fingerprint density at radius 3 is 2.67 bits per heavy atom. The quantitative estimate of drug-likeness (QED) is 0.800. The van der Waals surface area contributed by atoms with E-state index >= 15 is 0 Å². The molecule has 0 aliphatic carbocycles. The van der Waals surface area contributed by atoms with Crippen LogP contribution in [-0.2, 0) is 0 Å². The maximum absolute atomic E-state index is 5.86. The Labute approximate surface area is 126 Å². The summed E-state index contributed by atoms with van der Waals surface area (Å²) in [5, 5.41) is 4.87. The predicted octanol–water partition coefficient (Wildman–Crippen LogP) is 2.89. The molecule has 0 spiro atoms. The molecule has 6 nitrogen and oxygen atoms in total. The van der Waals surface area contributed by atoms with Gasteiger partial charge in [0.05, 0.1) is 11.7 Å². The maximum atomic E-state index is 5.86. The molecule has 0 radical (unpaired) electrons. The van der Waals surface area contributed by atoms with Gasteiger partial charge in [-0.25, -0.2) is 4.98 Å². The van der Waals surface area contributed by atoms with Crippen molar-refractivity contribution in [3.63, 3.8) is 0 Å². The SMILES string of the molecule is Cc1ccc(-c2noc(-c3sc(C(C)N)nc3C)n2)cn1. The van der Waals surface area contributed by atoms with E-state index in [1.54, 1.807) is 6.20 Å². The molecule has 3 aromatic rings. The third kappa shape index (κ3) is 2.70. The van der Waals surface area contributed by atoms with Crippen molar-refractivity contribution in [3.05, 3.63) is 34.7 Å². The molecule has 1 atom stereocenters. The zero-order chi connectivity index (χ0) is 15.0. The second kappa shape index (κ2) is 5.34. The Balaban J connectivity index is 1.96. The second-order valence-electron chi connectivity index (χ2n) is 4.87. The monoisotopic (exact) mass is 301 g/mol. The number of pyridine rings is 1. The maximum Gasteiger partial charge on any atom is 0.270 e. The first-order valence-corrected chi connectivity index (χ1v) is 7.36. The van der Waals surface area contributed by atoms with Crippen LogP contribution in [0, 0.1) is 13.8 Å². The Hall–Kier alpha value is -2.12. The zero-order valence-corrected chi connectivity index (χ0v) is 12.8. The molecule has 108 valence electrons. The van der Waals surface area contributed by atoms with Crippen molar-refractivity contribution < 1.29 is 4.52 Å². The number of hydrogen-bond donors (Lipinski definition) is 1. The molecule has 0 aromatic carbocycles. The van der Waals surface area contributed by atoms with Gasteiger partial charge in [-0.2, -0.15) is 4.98 Å². The fourth-order valence-corrected chi connectivity index (χ4v) is 2.78. The van der Waals surface area contributed by atoms with Crippen molar-refractivity contribution in [3.8, 4) is 22.2 Å². The van der Waals surface area contributed by atoms with Crippen molar-refractivity contribution in [2.45, 2.75) is 26.8 Å². The van der Waals surface area contributed by atoms with Gasteiger partial charge in [-0.15, -0.1) is 11.3 Å². The van der Waals surface area contributed by atoms with Crippen LogP contribution in [0.2, 0.25) is 0 Å². The van der Waals surface area contributed by atoms with E-state index in [9.17, 15) is 0 Å². The summed E-state index contributed by atoms with van der Waals surface area (Å²) in [6, 6.07) is 3.73. The van der Waals surface area contributed by atoms with Gasteiger partial charge >= 0.3 is 0 Å². The van der Waals surface area contributed by atoms with Gasteiger partial charge in [0.25, 0.3) is 5.89 Å². The Morgan fingerprint density at radius 2 is 2.05 bits per heavy atom. The summed E-state index contributed by atoms with van der Waals surface area (Å²) < 4.78 is 5.35. The predicted molar refractivity (Wildman–Crippen MR) is 80.7 cm³/mol. The van der Waals surface area contributed by atoms with Crippen molar-refractivity contribution in [1.29, 1.82) is 0 Å². The van der Waals surface area contributed by atoms with Crippen LogP contribution in [0.5, 0.6) is 0 Å². The van der Waals surface area contributed by atoms with Gasteiger partial charge in [-0.1, -0.05) is 5.16 Å². The van der Waals surface area contributed by atoms with Crippen LogP contribution in [0.25, 0.3) is 22.2 Å². The van der Waals surface area contributed by atoms with Crippen molar-refractivity contribution >= 4 is 11.3 Å². The average Bonchev–Trinajstić information content (AvgIpc) is 3.06. The van der Waals surface area contributed by atoms with Crippen LogP contribution in [0.1, 0.15) is 29.4 Å². The zero-order valence-electron chi connectivity index (χ0n) is 12.0. The topological polar surface area (TPSA) is 90.7 Å². The standard InChI is InChI=1S/C14H15N5OS/c1-7-4-5-10(6-16-7)12-18-13(20-19-12)11-9(3)17-14(21-11)8(2)15/h4-6,8H,15H2,1-3H3. The second-order valence-corrected chi connectivity index (χ2v) is 5.90. The molecule has 0 amide bonds. The van der Waals surface area contributed by atoms with Crippen molar-refractivity contribution in [1.82, 2.24) is 20.1 Å². The summed E-state index contributed by atoms with van der Waals surface area (Å²) in [6.07, 6.45) is 1.73. The minimum atomic E-state index is -0.105. The van der Waals surface area contributed by atoms with Crippen molar-refractivity contribution in [2.24, 2.45) is 5.73 Å². The van der Waals surface area contributed by atoms with E-state index in [-0.39, 0.29) is 6.04 Å². The van der Waals surface area contributed by atoms with E-state index in [0.717, 1.165) is 26.8 Å². The van der Waals surface area contributed by atoms with Crippen LogP contribution in [-0.4, -0.2) is 20.1 Å². The molecule has 2 N–H and O–H groups in total. The van der Waals surface area contributed by atoms with Gasteiger partial charge in [0.1, 0.15) is 9.88 Å². The molecule has 1 unspecified atom stereocenters. The average molecular weight is 301 g/mol. The summed E-state index contributed by atoms with van der Waals surface area (Å²) in [7, 11) is 0. The third-order valence-electron chi connectivity index (χ3n) is 2.99. The highest BCUT2D eigenvalue weighted by Crippen LogP contribution is 2.32. The molecule has 0 aliphatic rings. The smallest absolute Gasteiger partial charge is 0.270 e. The van der Waals surface area contributed by atoms with E-state index < -0.39 is 0 Å². The molecule has 0 aliphatic heterocycles. The normalized spacial score (nSPS) is 12.6. The highest BCUT2D eigenvalue weighted by Gasteiger charge is 2.18. The summed E-state index contributed by atoms with van der Waals surface area (Å²) in [5.41, 5.74) is 8.48. The lowest BCUT2D eigenvalue weighted by Crippen LogP contribution is -2.03. The molecule has 7 heteroatoms. The lowest BCUT2D eigenvalue weighted by atomic mass is 10.2. The van der Waals surface area contributed by atoms with Gasteiger partial charge in [0, 0.05) is 17.5 Å². The number of thiazole rings is 1. The first-order valence-electron chi connectivity index (χ1n) is 6.54. The molecule has 3 rings (SSSR count). The summed E-state index contributed by atoms with van der Waals surface area (Å²) in [4.78, 5) is 14.0. The molecule has 0 bridgehead atoms. The van der Waals surface area contributed by atoms with Crippen LogP contribution >= 0.6 is 11.3 Å². The van der Waals surface area contributed by atoms with Gasteiger partial charge < -0.3 is 10.3 Å². The minimum Gasteiger partial charge on any atom is -0.333 e. The fourth-order valence-electron chi connectivity index (χ4n) is 1.84. The molecule has 21 heavy (non-hydrogen) atoms. The lowest BCUT2D eigenvalue weighted by molar-refractivity contribution is 0.433. The fraction of sp³-hybridized carbons (Fsp3) is 0.286. The van der Waals surface area contributed by atoms with E-state index in [1.807, 2.05) is 32.9 Å². The number of rotatable bonds is 3. The summed E-state index contributed by atoms with van der Waals surface area (Å²) in [5.74, 6) is 0.986. The third-order valence-corrected chi connectivity index (χ3v) is 4.34. The van der Waals surface area contributed by atoms with E-state index in [1.165, 1.54) is 11.3 Å². The van der Waals surface area contributed by atoms with E-state index in [0.29, 0.717) is 11.7 Å². The summed E-state index contributed by atoms with van der Waals surface area (Å²) in [6.45, 7) is 5.75. The Morgan fingerprint density at radius 1 is 1.24 bits per heavy atom. The largest absolute Gasteiger partial charge is 0.333 e. The lowest BCUT2D eigenvalue weighted by Gasteiger charge is -1.95. The van der Waals surface area contributed by atoms with E-state index in [2.05, 4.69) is 20.1 Å². The molecule has 3 aromatic heterocycles. The highest BCUT2D eigenvalue weighted by molar-refractivity contribution is 7.15. The number of aryl methyl sites for hydroxylation is 2. The molecular formula is C14H15N5OS. The molecule has 0 saturated carbocycles. The van der Waals surface area contributed by atoms with Crippen molar-refractivity contribution in [2.75, 3.05) is 0 Å². The van der Waals surface area contributed by atoms with Gasteiger partial charge in [0.15, 0.2) is 0 Å².